The third-order valence-electron chi connectivity index (χ3n) is 3.72. The smallest absolute Gasteiger partial charge is 0.310 e. The summed E-state index contributed by atoms with van der Waals surface area (Å²) in [6, 6.07) is 10.3. The molecule has 2 aromatic carbocycles. The molecule has 1 heterocycles. The van der Waals surface area contributed by atoms with Gasteiger partial charge in [-0.2, -0.15) is 0 Å². The highest BCUT2D eigenvalue weighted by Gasteiger charge is 2.30. The lowest BCUT2D eigenvalue weighted by Crippen LogP contribution is -2.06. The zero-order valence-electron chi connectivity index (χ0n) is 13.3. The number of hydrogen-bond donors (Lipinski definition) is 0. The van der Waals surface area contributed by atoms with E-state index in [4.69, 9.17) is 21.1 Å². The molecule has 0 spiro atoms. The fourth-order valence-corrected chi connectivity index (χ4v) is 2.51. The van der Waals surface area contributed by atoms with Crippen LogP contribution in [0.25, 0.3) is 6.08 Å². The number of benzene rings is 2. The summed E-state index contributed by atoms with van der Waals surface area (Å²) in [5, 5.41) is 0.623. The van der Waals surface area contributed by atoms with Crippen molar-refractivity contribution in [3.63, 3.8) is 0 Å². The second-order valence-electron chi connectivity index (χ2n) is 5.38. The molecule has 0 amide bonds. The number of ketones is 1. The van der Waals surface area contributed by atoms with Crippen molar-refractivity contribution >= 4 is 29.4 Å². The number of esters is 1. The van der Waals surface area contributed by atoms with Crippen LogP contribution in [-0.4, -0.2) is 11.8 Å². The predicted molar refractivity (Wildman–Crippen MR) is 91.5 cm³/mol. The number of carbonyl (C=O) groups is 2. The highest BCUT2D eigenvalue weighted by Crippen LogP contribution is 2.39. The maximum atomic E-state index is 12.5. The molecule has 0 aliphatic carbocycles. The van der Waals surface area contributed by atoms with Crippen LogP contribution in [0.1, 0.15) is 34.8 Å². The molecule has 3 rings (SSSR count). The number of allylic oxidation sites excluding steroid dienone is 1. The van der Waals surface area contributed by atoms with Crippen molar-refractivity contribution in [1.82, 2.24) is 0 Å². The highest BCUT2D eigenvalue weighted by molar-refractivity contribution is 6.30. The van der Waals surface area contributed by atoms with Gasteiger partial charge in [-0.25, -0.2) is 0 Å². The maximum absolute atomic E-state index is 12.5. The fourth-order valence-electron chi connectivity index (χ4n) is 2.38. The van der Waals surface area contributed by atoms with Crippen LogP contribution >= 0.6 is 11.6 Å². The van der Waals surface area contributed by atoms with Crippen LogP contribution in [-0.2, 0) is 4.79 Å². The summed E-state index contributed by atoms with van der Waals surface area (Å²) in [7, 11) is 0. The molecule has 0 fully saturated rings. The largest absolute Gasteiger partial charge is 0.452 e. The predicted octanol–water partition coefficient (Wildman–Crippen LogP) is 4.58. The van der Waals surface area contributed by atoms with E-state index in [0.717, 1.165) is 5.56 Å². The van der Waals surface area contributed by atoms with E-state index in [1.54, 1.807) is 56.3 Å². The molecule has 1 aliphatic heterocycles. The van der Waals surface area contributed by atoms with Crippen molar-refractivity contribution < 1.29 is 19.1 Å². The molecule has 0 saturated heterocycles. The van der Waals surface area contributed by atoms with Crippen LogP contribution in [0.2, 0.25) is 5.02 Å². The number of ether oxygens (including phenoxy) is 2. The molecule has 0 radical (unpaired) electrons. The van der Waals surface area contributed by atoms with Crippen molar-refractivity contribution in [3.05, 3.63) is 63.9 Å². The molecule has 122 valence electrons. The topological polar surface area (TPSA) is 52.6 Å². The van der Waals surface area contributed by atoms with E-state index in [-0.39, 0.29) is 23.9 Å². The van der Waals surface area contributed by atoms with Crippen LogP contribution in [0.4, 0.5) is 0 Å². The number of rotatable bonds is 3. The van der Waals surface area contributed by atoms with Crippen molar-refractivity contribution in [2.75, 3.05) is 0 Å². The van der Waals surface area contributed by atoms with Gasteiger partial charge in [0.2, 0.25) is 5.78 Å². The summed E-state index contributed by atoms with van der Waals surface area (Å²) >= 11 is 5.86. The lowest BCUT2D eigenvalue weighted by Gasteiger charge is -2.09. The highest BCUT2D eigenvalue weighted by atomic mass is 35.5. The summed E-state index contributed by atoms with van der Waals surface area (Å²) in [4.78, 5) is 24.0. The summed E-state index contributed by atoms with van der Waals surface area (Å²) in [5.41, 5.74) is 1.90. The molecule has 0 saturated carbocycles. The molecule has 2 aromatic rings. The molecular formula is C19H15ClO4. The lowest BCUT2D eigenvalue weighted by molar-refractivity contribution is -0.134. The quantitative estimate of drug-likeness (QED) is 0.465. The third kappa shape index (κ3) is 3.05. The van der Waals surface area contributed by atoms with Crippen LogP contribution in [0.3, 0.4) is 0 Å². The van der Waals surface area contributed by atoms with Gasteiger partial charge in [0, 0.05) is 17.0 Å². The minimum Gasteiger partial charge on any atom is -0.452 e. The van der Waals surface area contributed by atoms with E-state index in [9.17, 15) is 9.59 Å². The van der Waals surface area contributed by atoms with Gasteiger partial charge in [0.15, 0.2) is 5.76 Å². The molecule has 1 aliphatic rings. The summed E-state index contributed by atoms with van der Waals surface area (Å²) < 4.78 is 11.0. The van der Waals surface area contributed by atoms with Crippen molar-refractivity contribution in [2.45, 2.75) is 20.3 Å². The van der Waals surface area contributed by atoms with E-state index < -0.39 is 0 Å². The van der Waals surface area contributed by atoms with Gasteiger partial charge in [0.1, 0.15) is 11.5 Å². The summed E-state index contributed by atoms with van der Waals surface area (Å²) in [5.74, 6) is 0.535. The molecular weight excluding hydrogens is 328 g/mol. The minimum atomic E-state index is -0.334. The third-order valence-corrected chi connectivity index (χ3v) is 3.97. The second-order valence-corrected chi connectivity index (χ2v) is 5.82. The van der Waals surface area contributed by atoms with E-state index in [2.05, 4.69) is 0 Å². The first-order chi connectivity index (χ1) is 11.5. The van der Waals surface area contributed by atoms with E-state index >= 15 is 0 Å². The van der Waals surface area contributed by atoms with Gasteiger partial charge in [-0.15, -0.1) is 0 Å². The molecule has 0 atom stereocenters. The molecule has 0 N–H and O–H groups in total. The Morgan fingerprint density at radius 3 is 2.58 bits per heavy atom. The second kappa shape index (κ2) is 6.49. The summed E-state index contributed by atoms with van der Waals surface area (Å²) in [6.07, 6.45) is 1.94. The number of fused-ring (bicyclic) bond motifs is 1. The number of hydrogen-bond acceptors (Lipinski definition) is 4. The Kier molecular flexibility index (Phi) is 4.40. The average molecular weight is 343 g/mol. The molecule has 4 nitrogen and oxygen atoms in total. The first kappa shape index (κ1) is 16.3. The Balaban J connectivity index is 1.93. The Morgan fingerprint density at radius 1 is 1.21 bits per heavy atom. The molecule has 0 bridgehead atoms. The molecule has 0 aromatic heterocycles. The zero-order valence-corrected chi connectivity index (χ0v) is 14.0. The number of halogens is 1. The normalized spacial score (nSPS) is 14.5. The van der Waals surface area contributed by atoms with Gasteiger partial charge < -0.3 is 9.47 Å². The molecule has 24 heavy (non-hydrogen) atoms. The average Bonchev–Trinajstić information content (AvgIpc) is 2.89. The van der Waals surface area contributed by atoms with Crippen molar-refractivity contribution in [1.29, 1.82) is 0 Å². The Labute approximate surface area is 144 Å². The van der Waals surface area contributed by atoms with Gasteiger partial charge in [-0.3, -0.25) is 9.59 Å². The standard InChI is InChI=1S/C19H15ClO4/c1-3-17(21)23-15-9-8-14-18(22)16(24-19(14)11(15)2)10-12-4-6-13(20)7-5-12/h4-10H,3H2,1-2H3/b16-10-. The maximum Gasteiger partial charge on any atom is 0.310 e. The Hall–Kier alpha value is -2.59. The van der Waals surface area contributed by atoms with Crippen molar-refractivity contribution in [2.24, 2.45) is 0 Å². The van der Waals surface area contributed by atoms with E-state index in [1.807, 2.05) is 0 Å². The van der Waals surface area contributed by atoms with Gasteiger partial charge in [0.25, 0.3) is 0 Å². The van der Waals surface area contributed by atoms with Gasteiger partial charge in [-0.1, -0.05) is 30.7 Å². The van der Waals surface area contributed by atoms with Crippen LogP contribution < -0.4 is 9.47 Å². The molecule has 0 unspecified atom stereocenters. The fraction of sp³-hybridized carbons (Fsp3) is 0.158. The van der Waals surface area contributed by atoms with Gasteiger partial charge in [-0.05, 0) is 42.8 Å². The lowest BCUT2D eigenvalue weighted by atomic mass is 10.1. The van der Waals surface area contributed by atoms with Gasteiger partial charge in [0.05, 0.1) is 5.56 Å². The summed E-state index contributed by atoms with van der Waals surface area (Å²) in [6.45, 7) is 3.48. The van der Waals surface area contributed by atoms with Crippen molar-refractivity contribution in [3.8, 4) is 11.5 Å². The first-order valence-corrected chi connectivity index (χ1v) is 7.91. The minimum absolute atomic E-state index is 0.198. The van der Waals surface area contributed by atoms with Crippen LogP contribution in [0, 0.1) is 6.92 Å². The number of carbonyl (C=O) groups excluding carboxylic acids is 2. The number of Topliss-reactive ketones (excluding diaryl/α,β-unsaturated/α-hetero) is 1. The zero-order chi connectivity index (χ0) is 17.3. The first-order valence-electron chi connectivity index (χ1n) is 7.53. The van der Waals surface area contributed by atoms with Crippen LogP contribution in [0.5, 0.6) is 11.5 Å². The van der Waals surface area contributed by atoms with Gasteiger partial charge >= 0.3 is 5.97 Å². The Morgan fingerprint density at radius 2 is 1.92 bits per heavy atom. The SMILES string of the molecule is CCC(=O)Oc1ccc2c(c1C)O/C(=C\c1ccc(Cl)cc1)C2=O. The van der Waals surface area contributed by atoms with E-state index in [1.165, 1.54) is 0 Å². The van der Waals surface area contributed by atoms with Crippen LogP contribution in [0.15, 0.2) is 42.2 Å². The Bertz CT molecular complexity index is 850. The monoisotopic (exact) mass is 342 g/mol. The van der Waals surface area contributed by atoms with E-state index in [0.29, 0.717) is 27.6 Å². The molecule has 5 heteroatoms.